The molecule has 0 fully saturated rings. The van der Waals surface area contributed by atoms with Gasteiger partial charge in [-0.15, -0.1) is 0 Å². The van der Waals surface area contributed by atoms with E-state index in [0.717, 1.165) is 31.8 Å². The molecule has 0 aliphatic carbocycles. The molecule has 0 bridgehead atoms. The highest BCUT2D eigenvalue weighted by Crippen LogP contribution is 2.07. The topological polar surface area (TPSA) is 41.3 Å². The van der Waals surface area contributed by atoms with Gasteiger partial charge < -0.3 is 14.6 Å². The molecule has 1 N–H and O–H groups in total. The van der Waals surface area contributed by atoms with Gasteiger partial charge in [-0.2, -0.15) is 0 Å². The van der Waals surface area contributed by atoms with Crippen molar-refractivity contribution in [3.05, 3.63) is 18.2 Å². The fourth-order valence-corrected chi connectivity index (χ4v) is 1.50. The van der Waals surface area contributed by atoms with Crippen LogP contribution in [0.5, 0.6) is 0 Å². The minimum absolute atomic E-state index is 0.572. The zero-order valence-corrected chi connectivity index (χ0v) is 10.8. The fourth-order valence-electron chi connectivity index (χ4n) is 1.50. The first-order valence-electron chi connectivity index (χ1n) is 5.75. The van der Waals surface area contributed by atoms with Crippen LogP contribution in [0.4, 0.5) is 0 Å². The minimum atomic E-state index is -0.572. The first kappa shape index (κ1) is 13.2. The lowest BCUT2D eigenvalue weighted by atomic mass is 10.1. The Morgan fingerprint density at radius 2 is 2.12 bits per heavy atom. The number of aryl methyl sites for hydroxylation is 1. The lowest BCUT2D eigenvalue weighted by molar-refractivity contribution is 0.0608. The predicted molar refractivity (Wildman–Crippen MR) is 65.3 cm³/mol. The number of likely N-dealkylation sites (N-methyl/N-ethyl adjacent to an activating group) is 1. The molecule has 4 heteroatoms. The third-order valence-electron chi connectivity index (χ3n) is 2.74. The standard InChI is InChI=1S/C12H23N3O/c1-12(2,16)6-9-14(3)8-5-11-13-7-10-15(11)4/h7,10,16H,5-6,8-9H2,1-4H3. The normalized spacial score (nSPS) is 12.4. The molecule has 1 aromatic heterocycles. The number of hydrogen-bond donors (Lipinski definition) is 1. The average molecular weight is 225 g/mol. The third kappa shape index (κ3) is 4.77. The maximum atomic E-state index is 9.62. The number of aliphatic hydroxyl groups is 1. The maximum Gasteiger partial charge on any atom is 0.109 e. The second-order valence-electron chi connectivity index (χ2n) is 5.07. The molecule has 92 valence electrons. The number of aromatic nitrogens is 2. The highest BCUT2D eigenvalue weighted by atomic mass is 16.3. The van der Waals surface area contributed by atoms with E-state index >= 15 is 0 Å². The van der Waals surface area contributed by atoms with Gasteiger partial charge in [-0.05, 0) is 27.3 Å². The molecule has 0 aliphatic heterocycles. The van der Waals surface area contributed by atoms with Crippen LogP contribution in [0.2, 0.25) is 0 Å². The molecule has 0 spiro atoms. The van der Waals surface area contributed by atoms with Gasteiger partial charge in [0.1, 0.15) is 5.82 Å². The Bertz CT molecular complexity index is 314. The van der Waals surface area contributed by atoms with Crippen LogP contribution < -0.4 is 0 Å². The first-order chi connectivity index (χ1) is 7.38. The van der Waals surface area contributed by atoms with Crippen LogP contribution in [-0.4, -0.2) is 45.3 Å². The van der Waals surface area contributed by atoms with Crippen molar-refractivity contribution in [1.29, 1.82) is 0 Å². The Morgan fingerprint density at radius 3 is 2.62 bits per heavy atom. The summed E-state index contributed by atoms with van der Waals surface area (Å²) in [7, 11) is 4.09. The van der Waals surface area contributed by atoms with Crippen LogP contribution >= 0.6 is 0 Å². The second kappa shape index (κ2) is 5.46. The molecule has 0 radical (unpaired) electrons. The van der Waals surface area contributed by atoms with Crippen LogP contribution in [0.1, 0.15) is 26.1 Å². The molecule has 0 aromatic carbocycles. The summed E-state index contributed by atoms with van der Waals surface area (Å²) >= 11 is 0. The van der Waals surface area contributed by atoms with E-state index in [0.29, 0.717) is 0 Å². The number of imidazole rings is 1. The molecule has 16 heavy (non-hydrogen) atoms. The molecular weight excluding hydrogens is 202 g/mol. The van der Waals surface area contributed by atoms with Gasteiger partial charge in [-0.1, -0.05) is 0 Å². The van der Waals surface area contributed by atoms with Gasteiger partial charge in [0.2, 0.25) is 0 Å². The van der Waals surface area contributed by atoms with Gasteiger partial charge >= 0.3 is 0 Å². The van der Waals surface area contributed by atoms with E-state index in [1.807, 2.05) is 37.9 Å². The Labute approximate surface area is 97.9 Å². The van der Waals surface area contributed by atoms with E-state index in [1.54, 1.807) is 0 Å². The molecule has 0 saturated carbocycles. The van der Waals surface area contributed by atoms with Crippen molar-refractivity contribution in [2.45, 2.75) is 32.3 Å². The summed E-state index contributed by atoms with van der Waals surface area (Å²) in [5.74, 6) is 1.11. The fraction of sp³-hybridized carbons (Fsp3) is 0.750. The Balaban J connectivity index is 2.25. The van der Waals surface area contributed by atoms with Crippen LogP contribution in [0, 0.1) is 0 Å². The van der Waals surface area contributed by atoms with Crippen LogP contribution in [0.15, 0.2) is 12.4 Å². The van der Waals surface area contributed by atoms with Gasteiger partial charge in [0.25, 0.3) is 0 Å². The molecular formula is C12H23N3O. The smallest absolute Gasteiger partial charge is 0.109 e. The monoisotopic (exact) mass is 225 g/mol. The van der Waals surface area contributed by atoms with E-state index < -0.39 is 5.60 Å². The molecule has 1 heterocycles. The van der Waals surface area contributed by atoms with Crippen molar-refractivity contribution in [2.75, 3.05) is 20.1 Å². The largest absolute Gasteiger partial charge is 0.390 e. The van der Waals surface area contributed by atoms with E-state index in [-0.39, 0.29) is 0 Å². The predicted octanol–water partition coefficient (Wildman–Crippen LogP) is 1.06. The van der Waals surface area contributed by atoms with Crippen molar-refractivity contribution < 1.29 is 5.11 Å². The summed E-state index contributed by atoms with van der Waals surface area (Å²) in [5, 5.41) is 9.62. The first-order valence-corrected chi connectivity index (χ1v) is 5.75. The van der Waals surface area contributed by atoms with Gasteiger partial charge in [0, 0.05) is 39.0 Å². The summed E-state index contributed by atoms with van der Waals surface area (Å²) in [5.41, 5.74) is -0.572. The van der Waals surface area contributed by atoms with Crippen molar-refractivity contribution in [3.8, 4) is 0 Å². The third-order valence-corrected chi connectivity index (χ3v) is 2.74. The lowest BCUT2D eigenvalue weighted by Gasteiger charge is -2.22. The number of hydrogen-bond acceptors (Lipinski definition) is 3. The Kier molecular flexibility index (Phi) is 4.50. The van der Waals surface area contributed by atoms with E-state index in [2.05, 4.69) is 16.9 Å². The number of rotatable bonds is 6. The van der Waals surface area contributed by atoms with Gasteiger partial charge in [-0.25, -0.2) is 4.98 Å². The van der Waals surface area contributed by atoms with Crippen LogP contribution in [0.25, 0.3) is 0 Å². The summed E-state index contributed by atoms with van der Waals surface area (Å²) in [6.07, 6.45) is 5.54. The molecule has 1 rings (SSSR count). The molecule has 0 amide bonds. The second-order valence-corrected chi connectivity index (χ2v) is 5.07. The van der Waals surface area contributed by atoms with E-state index in [1.165, 1.54) is 0 Å². The Hall–Kier alpha value is -0.870. The average Bonchev–Trinajstić information content (AvgIpc) is 2.57. The van der Waals surface area contributed by atoms with Crippen molar-refractivity contribution in [1.82, 2.24) is 14.5 Å². The summed E-state index contributed by atoms with van der Waals surface area (Å²) in [6.45, 7) is 5.58. The Morgan fingerprint density at radius 1 is 1.44 bits per heavy atom. The zero-order valence-electron chi connectivity index (χ0n) is 10.8. The lowest BCUT2D eigenvalue weighted by Crippen LogP contribution is -2.30. The molecule has 0 aliphatic rings. The van der Waals surface area contributed by atoms with E-state index in [4.69, 9.17) is 0 Å². The van der Waals surface area contributed by atoms with Crippen molar-refractivity contribution >= 4 is 0 Å². The van der Waals surface area contributed by atoms with Crippen molar-refractivity contribution in [2.24, 2.45) is 7.05 Å². The summed E-state index contributed by atoms with van der Waals surface area (Å²) in [6, 6.07) is 0. The molecule has 0 atom stereocenters. The zero-order chi connectivity index (χ0) is 12.2. The van der Waals surface area contributed by atoms with E-state index in [9.17, 15) is 5.11 Å². The molecule has 0 unspecified atom stereocenters. The quantitative estimate of drug-likeness (QED) is 0.787. The molecule has 1 aromatic rings. The maximum absolute atomic E-state index is 9.62. The number of nitrogens with zero attached hydrogens (tertiary/aromatic N) is 3. The van der Waals surface area contributed by atoms with Gasteiger partial charge in [0.05, 0.1) is 5.60 Å². The summed E-state index contributed by atoms with van der Waals surface area (Å²) < 4.78 is 2.05. The van der Waals surface area contributed by atoms with Gasteiger partial charge in [0.15, 0.2) is 0 Å². The highest BCUT2D eigenvalue weighted by molar-refractivity contribution is 4.91. The van der Waals surface area contributed by atoms with Crippen LogP contribution in [-0.2, 0) is 13.5 Å². The highest BCUT2D eigenvalue weighted by Gasteiger charge is 2.13. The molecule has 4 nitrogen and oxygen atoms in total. The van der Waals surface area contributed by atoms with Crippen molar-refractivity contribution in [3.63, 3.8) is 0 Å². The van der Waals surface area contributed by atoms with Crippen LogP contribution in [0.3, 0.4) is 0 Å². The molecule has 0 saturated heterocycles. The SMILES string of the molecule is CN(CCc1nccn1C)CCC(C)(C)O. The summed E-state index contributed by atoms with van der Waals surface area (Å²) in [4.78, 5) is 6.51. The van der Waals surface area contributed by atoms with Gasteiger partial charge in [-0.3, -0.25) is 0 Å². The minimum Gasteiger partial charge on any atom is -0.390 e.